The number of nitrogens with one attached hydrogen (secondary N) is 1. The van der Waals surface area contributed by atoms with Gasteiger partial charge in [0.1, 0.15) is 0 Å². The van der Waals surface area contributed by atoms with E-state index in [9.17, 15) is 4.79 Å². The molecule has 2 heterocycles. The van der Waals surface area contributed by atoms with Gasteiger partial charge in [-0.3, -0.25) is 4.79 Å². The third kappa shape index (κ3) is 3.25. The second-order valence-electron chi connectivity index (χ2n) is 7.01. The molecule has 104 valence electrons. The van der Waals surface area contributed by atoms with Crippen molar-refractivity contribution in [3.05, 3.63) is 0 Å². The Balaban J connectivity index is 1.86. The van der Waals surface area contributed by atoms with E-state index in [-0.39, 0.29) is 11.4 Å². The molecule has 0 spiro atoms. The highest BCUT2D eigenvalue weighted by Gasteiger charge is 2.37. The third-order valence-corrected chi connectivity index (χ3v) is 4.47. The van der Waals surface area contributed by atoms with Crippen LogP contribution in [0, 0.1) is 11.3 Å². The number of rotatable bonds is 2. The van der Waals surface area contributed by atoms with E-state index in [1.165, 1.54) is 45.2 Å². The zero-order valence-electron chi connectivity index (χ0n) is 12.1. The Morgan fingerprint density at radius 3 is 2.61 bits per heavy atom. The molecule has 3 atom stereocenters. The lowest BCUT2D eigenvalue weighted by atomic mass is 9.84. The second kappa shape index (κ2) is 5.60. The van der Waals surface area contributed by atoms with E-state index >= 15 is 0 Å². The van der Waals surface area contributed by atoms with Crippen molar-refractivity contribution in [2.24, 2.45) is 11.3 Å². The van der Waals surface area contributed by atoms with Crippen LogP contribution in [0.25, 0.3) is 0 Å². The molecule has 18 heavy (non-hydrogen) atoms. The van der Waals surface area contributed by atoms with Gasteiger partial charge < -0.3 is 9.64 Å². The lowest BCUT2D eigenvalue weighted by Gasteiger charge is -2.41. The van der Waals surface area contributed by atoms with Crippen LogP contribution in [-0.4, -0.2) is 31.7 Å². The van der Waals surface area contributed by atoms with Crippen molar-refractivity contribution in [2.45, 2.75) is 58.9 Å². The molecule has 0 aromatic carbocycles. The molecule has 0 amide bonds. The quantitative estimate of drug-likeness (QED) is 0.756. The fraction of sp³-hybridized carbons (Fsp3) is 0.933. The molecule has 0 aromatic rings. The number of hydrogen-bond donors (Lipinski definition) is 1. The first-order valence-electron chi connectivity index (χ1n) is 7.50. The highest BCUT2D eigenvalue weighted by Crippen LogP contribution is 2.22. The first-order valence-corrected chi connectivity index (χ1v) is 7.50. The van der Waals surface area contributed by atoms with Crippen LogP contribution in [-0.2, 0) is 9.53 Å². The number of carbonyl (C=O) groups excluding carboxylic acids is 1. The molecule has 0 radical (unpaired) electrons. The Morgan fingerprint density at radius 1 is 1.17 bits per heavy atom. The van der Waals surface area contributed by atoms with Crippen molar-refractivity contribution >= 4 is 5.97 Å². The van der Waals surface area contributed by atoms with Gasteiger partial charge in [0, 0.05) is 5.92 Å². The lowest BCUT2D eigenvalue weighted by Crippen LogP contribution is -3.18. The van der Waals surface area contributed by atoms with Gasteiger partial charge in [-0.05, 0) is 52.9 Å². The minimum absolute atomic E-state index is 0.0505. The standard InChI is InChI=1S/C15H27NO2/c1-15(2,3)14(17)18-11-12-7-6-10-16-9-5-4-8-13(12)16/h12-13H,4-11H2,1-3H3/p+1/t12-,13+/m0/s1. The van der Waals surface area contributed by atoms with Crippen LogP contribution >= 0.6 is 0 Å². The van der Waals surface area contributed by atoms with E-state index in [2.05, 4.69) is 0 Å². The molecule has 1 unspecified atom stereocenters. The van der Waals surface area contributed by atoms with Crippen LogP contribution in [0.5, 0.6) is 0 Å². The zero-order valence-corrected chi connectivity index (χ0v) is 12.1. The number of esters is 1. The van der Waals surface area contributed by atoms with Gasteiger partial charge in [0.25, 0.3) is 0 Å². The Hall–Kier alpha value is -0.570. The fourth-order valence-electron chi connectivity index (χ4n) is 3.38. The van der Waals surface area contributed by atoms with Gasteiger partial charge in [0.2, 0.25) is 0 Å². The number of fused-ring (bicyclic) bond motifs is 1. The van der Waals surface area contributed by atoms with Gasteiger partial charge in [0.15, 0.2) is 0 Å². The predicted molar refractivity (Wildman–Crippen MR) is 71.5 cm³/mol. The van der Waals surface area contributed by atoms with Crippen LogP contribution in [0.3, 0.4) is 0 Å². The SMILES string of the molecule is CC(C)(C)C(=O)OC[C@@H]1CCC[NH+]2CCCC[C@H]12. The smallest absolute Gasteiger partial charge is 0.311 e. The van der Waals surface area contributed by atoms with Crippen molar-refractivity contribution < 1.29 is 14.4 Å². The second-order valence-corrected chi connectivity index (χ2v) is 7.01. The number of quaternary nitrogens is 1. The van der Waals surface area contributed by atoms with E-state index in [1.54, 1.807) is 4.90 Å². The van der Waals surface area contributed by atoms with Gasteiger partial charge in [-0.1, -0.05) is 0 Å². The first kappa shape index (κ1) is 13.9. The van der Waals surface area contributed by atoms with E-state index in [4.69, 9.17) is 4.74 Å². The Labute approximate surface area is 111 Å². The van der Waals surface area contributed by atoms with Gasteiger partial charge in [0.05, 0.1) is 31.2 Å². The highest BCUT2D eigenvalue weighted by atomic mass is 16.5. The molecule has 3 heteroatoms. The van der Waals surface area contributed by atoms with Crippen molar-refractivity contribution in [3.8, 4) is 0 Å². The average molecular weight is 254 g/mol. The summed E-state index contributed by atoms with van der Waals surface area (Å²) >= 11 is 0. The van der Waals surface area contributed by atoms with Crippen molar-refractivity contribution in [3.63, 3.8) is 0 Å². The summed E-state index contributed by atoms with van der Waals surface area (Å²) in [5, 5.41) is 0. The van der Waals surface area contributed by atoms with Crippen molar-refractivity contribution in [1.82, 2.24) is 0 Å². The normalized spacial score (nSPS) is 32.7. The van der Waals surface area contributed by atoms with Crippen LogP contribution in [0.2, 0.25) is 0 Å². The molecule has 2 saturated heterocycles. The summed E-state index contributed by atoms with van der Waals surface area (Å²) in [5.41, 5.74) is -0.367. The molecule has 1 N–H and O–H groups in total. The molecule has 2 aliphatic rings. The van der Waals surface area contributed by atoms with E-state index in [1.807, 2.05) is 20.8 Å². The molecule has 0 aliphatic carbocycles. The number of ether oxygens (including phenoxy) is 1. The van der Waals surface area contributed by atoms with Gasteiger partial charge in [-0.15, -0.1) is 0 Å². The van der Waals surface area contributed by atoms with Crippen LogP contribution in [0.4, 0.5) is 0 Å². The Morgan fingerprint density at radius 2 is 1.89 bits per heavy atom. The topological polar surface area (TPSA) is 30.7 Å². The van der Waals surface area contributed by atoms with Gasteiger partial charge in [-0.2, -0.15) is 0 Å². The Bertz CT molecular complexity index is 293. The first-order chi connectivity index (χ1) is 8.48. The molecule has 0 bridgehead atoms. The van der Waals surface area contributed by atoms with E-state index < -0.39 is 0 Å². The molecular formula is C15H28NO2+. The van der Waals surface area contributed by atoms with Crippen LogP contribution in [0.15, 0.2) is 0 Å². The lowest BCUT2D eigenvalue weighted by molar-refractivity contribution is -0.940. The molecule has 0 saturated carbocycles. The molecule has 2 rings (SSSR count). The van der Waals surface area contributed by atoms with Crippen LogP contribution in [0.1, 0.15) is 52.9 Å². The molecule has 3 nitrogen and oxygen atoms in total. The summed E-state index contributed by atoms with van der Waals surface area (Å²) in [4.78, 5) is 13.6. The largest absolute Gasteiger partial charge is 0.465 e. The zero-order chi connectivity index (χ0) is 13.2. The fourth-order valence-corrected chi connectivity index (χ4v) is 3.38. The predicted octanol–water partition coefficient (Wildman–Crippen LogP) is 1.42. The number of hydrogen-bond acceptors (Lipinski definition) is 2. The molecular weight excluding hydrogens is 226 g/mol. The van der Waals surface area contributed by atoms with E-state index in [0.717, 1.165) is 6.04 Å². The summed E-state index contributed by atoms with van der Waals surface area (Å²) in [7, 11) is 0. The third-order valence-electron chi connectivity index (χ3n) is 4.47. The number of carbonyl (C=O) groups is 1. The monoisotopic (exact) mass is 254 g/mol. The van der Waals surface area contributed by atoms with Crippen molar-refractivity contribution in [2.75, 3.05) is 19.7 Å². The highest BCUT2D eigenvalue weighted by molar-refractivity contribution is 5.75. The summed E-state index contributed by atoms with van der Waals surface area (Å²) < 4.78 is 5.54. The van der Waals surface area contributed by atoms with Gasteiger partial charge >= 0.3 is 5.97 Å². The van der Waals surface area contributed by atoms with Crippen LogP contribution < -0.4 is 4.90 Å². The average Bonchev–Trinajstić information content (AvgIpc) is 2.34. The summed E-state index contributed by atoms with van der Waals surface area (Å²) in [6.07, 6.45) is 6.60. The molecule has 2 aliphatic heterocycles. The summed E-state index contributed by atoms with van der Waals surface area (Å²) in [6.45, 7) is 9.07. The van der Waals surface area contributed by atoms with E-state index in [0.29, 0.717) is 12.5 Å². The maximum Gasteiger partial charge on any atom is 0.311 e. The maximum atomic E-state index is 11.8. The summed E-state index contributed by atoms with van der Waals surface area (Å²) in [5.74, 6) is 0.547. The maximum absolute atomic E-state index is 11.8. The molecule has 0 aromatic heterocycles. The minimum atomic E-state index is -0.367. The van der Waals surface area contributed by atoms with Crippen molar-refractivity contribution in [1.29, 1.82) is 0 Å². The summed E-state index contributed by atoms with van der Waals surface area (Å²) in [6, 6.07) is 0.750. The van der Waals surface area contributed by atoms with Gasteiger partial charge in [-0.25, -0.2) is 0 Å². The Kier molecular flexibility index (Phi) is 4.31. The number of piperidine rings is 2. The minimum Gasteiger partial charge on any atom is -0.465 e. The molecule has 2 fully saturated rings.